The number of carboxylic acid groups (broad SMARTS) is 1. The van der Waals surface area contributed by atoms with Gasteiger partial charge >= 0.3 is 0 Å². The first kappa shape index (κ1) is 16.7. The molecule has 2 rings (SSSR count). The first-order chi connectivity index (χ1) is 11.1. The molecule has 1 heterocycles. The van der Waals surface area contributed by atoms with E-state index in [-0.39, 0.29) is 18.6 Å². The van der Waals surface area contributed by atoms with Crippen molar-refractivity contribution in [3.63, 3.8) is 0 Å². The molecule has 0 aliphatic heterocycles. The van der Waals surface area contributed by atoms with Gasteiger partial charge in [-0.2, -0.15) is 0 Å². The molecule has 0 aliphatic rings. The van der Waals surface area contributed by atoms with Crippen molar-refractivity contribution in [2.75, 3.05) is 13.7 Å². The van der Waals surface area contributed by atoms with Gasteiger partial charge < -0.3 is 24.9 Å². The zero-order valence-electron chi connectivity index (χ0n) is 12.8. The van der Waals surface area contributed by atoms with Crippen LogP contribution in [-0.4, -0.2) is 41.4 Å². The standard InChI is InChI=1S/C16H19N3O4/c1-23-13-4-2-11(3-5-13)15(20)6-7-18-14(16(21)22)8-12-9-17-10-19-12/h2-5,9-10,14,18H,6-8H2,1H3,(H,17,19)(H,21,22). The van der Waals surface area contributed by atoms with Crippen molar-refractivity contribution in [1.82, 2.24) is 9.97 Å². The van der Waals surface area contributed by atoms with Crippen molar-refractivity contribution in [3.8, 4) is 5.75 Å². The number of methoxy groups -OCH3 is 1. The van der Waals surface area contributed by atoms with Gasteiger partial charge in [0.2, 0.25) is 0 Å². The van der Waals surface area contributed by atoms with Crippen LogP contribution in [0.5, 0.6) is 5.75 Å². The number of aromatic nitrogens is 2. The summed E-state index contributed by atoms with van der Waals surface area (Å²) in [6.07, 6.45) is 3.60. The Morgan fingerprint density at radius 2 is 2.09 bits per heavy atom. The smallest absolute Gasteiger partial charge is 0.168 e. The van der Waals surface area contributed by atoms with Crippen molar-refractivity contribution in [2.24, 2.45) is 0 Å². The molecule has 2 aromatic rings. The van der Waals surface area contributed by atoms with E-state index < -0.39 is 12.0 Å². The molecule has 1 aromatic heterocycles. The van der Waals surface area contributed by atoms with Crippen LogP contribution in [0.4, 0.5) is 0 Å². The van der Waals surface area contributed by atoms with Crippen LogP contribution in [0.2, 0.25) is 0 Å². The maximum Gasteiger partial charge on any atom is 0.168 e. The molecule has 0 saturated heterocycles. The number of rotatable bonds is 9. The summed E-state index contributed by atoms with van der Waals surface area (Å²) in [5.41, 5.74) is 1.30. The van der Waals surface area contributed by atoms with Crippen LogP contribution in [0, 0.1) is 0 Å². The molecule has 0 aliphatic carbocycles. The first-order valence-corrected chi connectivity index (χ1v) is 7.29. The Hall–Kier alpha value is -2.67. The van der Waals surface area contributed by atoms with Crippen LogP contribution in [0.3, 0.4) is 0 Å². The molecule has 3 N–H and O–H groups in total. The lowest BCUT2D eigenvalue weighted by Crippen LogP contribution is -2.93. The Morgan fingerprint density at radius 1 is 1.35 bits per heavy atom. The number of H-pyrrole nitrogens is 1. The van der Waals surface area contributed by atoms with Crippen LogP contribution in [0.1, 0.15) is 22.5 Å². The fraction of sp³-hybridized carbons (Fsp3) is 0.312. The molecule has 0 saturated carbocycles. The fourth-order valence-corrected chi connectivity index (χ4v) is 2.23. The van der Waals surface area contributed by atoms with Gasteiger partial charge in [-0.1, -0.05) is 0 Å². The number of ketones is 1. The van der Waals surface area contributed by atoms with Crippen molar-refractivity contribution < 1.29 is 24.7 Å². The van der Waals surface area contributed by atoms with E-state index in [0.29, 0.717) is 17.9 Å². The highest BCUT2D eigenvalue weighted by atomic mass is 16.5. The second-order valence-electron chi connectivity index (χ2n) is 5.13. The maximum absolute atomic E-state index is 12.1. The van der Waals surface area contributed by atoms with E-state index in [1.807, 2.05) is 0 Å². The summed E-state index contributed by atoms with van der Waals surface area (Å²) in [6, 6.07) is 6.08. The summed E-state index contributed by atoms with van der Waals surface area (Å²) >= 11 is 0. The van der Waals surface area contributed by atoms with Gasteiger partial charge in [0.1, 0.15) is 11.8 Å². The lowest BCUT2D eigenvalue weighted by Gasteiger charge is -2.15. The predicted octanol–water partition coefficient (Wildman–Crippen LogP) is -1.08. The van der Waals surface area contributed by atoms with E-state index in [4.69, 9.17) is 4.74 Å². The minimum absolute atomic E-state index is 0.0393. The summed E-state index contributed by atoms with van der Waals surface area (Å²) in [5.74, 6) is -0.510. The van der Waals surface area contributed by atoms with Gasteiger partial charge in [0.25, 0.3) is 0 Å². The number of hydrogen-bond donors (Lipinski definition) is 2. The first-order valence-electron chi connectivity index (χ1n) is 7.29. The highest BCUT2D eigenvalue weighted by molar-refractivity contribution is 5.96. The number of hydrogen-bond acceptors (Lipinski definition) is 5. The summed E-state index contributed by atoms with van der Waals surface area (Å²) in [5, 5.41) is 12.8. The molecule has 0 amide bonds. The number of imidazole rings is 1. The third-order valence-electron chi connectivity index (χ3n) is 3.53. The number of carboxylic acids is 1. The monoisotopic (exact) mass is 317 g/mol. The average Bonchev–Trinajstić information content (AvgIpc) is 3.06. The van der Waals surface area contributed by atoms with Gasteiger partial charge in [-0.05, 0) is 24.3 Å². The molecule has 0 bridgehead atoms. The van der Waals surface area contributed by atoms with Crippen LogP contribution < -0.4 is 15.2 Å². The molecular formula is C16H19N3O4. The fourth-order valence-electron chi connectivity index (χ4n) is 2.23. The topological polar surface area (TPSA) is 112 Å². The van der Waals surface area contributed by atoms with Gasteiger partial charge in [0.05, 0.1) is 32.4 Å². The number of Topliss-reactive ketones (excluding diaryl/α,β-unsaturated/α-hetero) is 1. The minimum Gasteiger partial charge on any atom is -0.544 e. The van der Waals surface area contributed by atoms with Gasteiger partial charge in [-0.15, -0.1) is 0 Å². The largest absolute Gasteiger partial charge is 0.544 e. The molecule has 1 aromatic carbocycles. The molecule has 1 unspecified atom stereocenters. The highest BCUT2D eigenvalue weighted by Gasteiger charge is 2.16. The van der Waals surface area contributed by atoms with E-state index in [0.717, 1.165) is 5.69 Å². The maximum atomic E-state index is 12.1. The lowest BCUT2D eigenvalue weighted by molar-refractivity contribution is -0.682. The number of aromatic amines is 1. The zero-order chi connectivity index (χ0) is 16.7. The van der Waals surface area contributed by atoms with Crippen molar-refractivity contribution in [2.45, 2.75) is 18.9 Å². The highest BCUT2D eigenvalue weighted by Crippen LogP contribution is 2.12. The molecule has 122 valence electrons. The number of benzene rings is 1. The number of aliphatic carboxylic acids is 1. The summed E-state index contributed by atoms with van der Waals surface area (Å²) < 4.78 is 5.04. The van der Waals surface area contributed by atoms with E-state index >= 15 is 0 Å². The Bertz CT molecular complexity index is 638. The molecule has 1 atom stereocenters. The number of carbonyl (C=O) groups excluding carboxylic acids is 2. The Kier molecular flexibility index (Phi) is 5.87. The third-order valence-corrected chi connectivity index (χ3v) is 3.53. The molecule has 0 radical (unpaired) electrons. The second-order valence-corrected chi connectivity index (χ2v) is 5.13. The lowest BCUT2D eigenvalue weighted by atomic mass is 10.1. The number of nitrogens with one attached hydrogen (secondary N) is 1. The molecule has 0 fully saturated rings. The Morgan fingerprint density at radius 3 is 2.65 bits per heavy atom. The summed E-state index contributed by atoms with van der Waals surface area (Å²) in [6.45, 7) is 0.373. The van der Waals surface area contributed by atoms with Crippen molar-refractivity contribution in [1.29, 1.82) is 0 Å². The third kappa shape index (κ3) is 4.93. The van der Waals surface area contributed by atoms with Gasteiger partial charge in [0.15, 0.2) is 5.78 Å². The van der Waals surface area contributed by atoms with Gasteiger partial charge in [0, 0.05) is 23.9 Å². The van der Waals surface area contributed by atoms with Crippen LogP contribution in [-0.2, 0) is 11.2 Å². The summed E-state index contributed by atoms with van der Waals surface area (Å²) in [7, 11) is 1.56. The zero-order valence-corrected chi connectivity index (χ0v) is 12.8. The van der Waals surface area contributed by atoms with E-state index in [2.05, 4.69) is 9.97 Å². The van der Waals surface area contributed by atoms with Crippen LogP contribution in [0.25, 0.3) is 0 Å². The number of quaternary nitrogens is 1. The van der Waals surface area contributed by atoms with Crippen LogP contribution >= 0.6 is 0 Å². The predicted molar refractivity (Wildman–Crippen MR) is 79.8 cm³/mol. The molecule has 23 heavy (non-hydrogen) atoms. The second kappa shape index (κ2) is 8.09. The normalized spacial score (nSPS) is 11.9. The SMILES string of the molecule is COc1ccc(C(=O)CC[NH2+]C(Cc2cnc[nH]2)C(=O)[O-])cc1. The minimum atomic E-state index is -1.16. The Balaban J connectivity index is 1.83. The number of ether oxygens (including phenoxy) is 1. The molecular weight excluding hydrogens is 298 g/mol. The van der Waals surface area contributed by atoms with E-state index in [9.17, 15) is 14.7 Å². The summed E-state index contributed by atoms with van der Waals surface area (Å²) in [4.78, 5) is 29.9. The van der Waals surface area contributed by atoms with E-state index in [1.165, 1.54) is 6.33 Å². The molecule has 7 heteroatoms. The number of carbonyl (C=O) groups is 2. The van der Waals surface area contributed by atoms with E-state index in [1.54, 1.807) is 42.9 Å². The van der Waals surface area contributed by atoms with Crippen LogP contribution in [0.15, 0.2) is 36.8 Å². The van der Waals surface area contributed by atoms with Gasteiger partial charge in [-0.3, -0.25) is 4.79 Å². The van der Waals surface area contributed by atoms with Gasteiger partial charge in [-0.25, -0.2) is 4.98 Å². The van der Waals surface area contributed by atoms with Crippen molar-refractivity contribution in [3.05, 3.63) is 48.0 Å². The number of nitrogens with two attached hydrogens (primary N) is 1. The Labute approximate surface area is 133 Å². The average molecular weight is 317 g/mol. The number of nitrogens with zero attached hydrogens (tertiary/aromatic N) is 1. The van der Waals surface area contributed by atoms with Crippen molar-refractivity contribution >= 4 is 11.8 Å². The molecule has 0 spiro atoms. The molecule has 7 nitrogen and oxygen atoms in total. The quantitative estimate of drug-likeness (QED) is 0.571.